The van der Waals surface area contributed by atoms with Crippen molar-refractivity contribution < 1.29 is 9.53 Å². The Hall–Kier alpha value is -0.690. The lowest BCUT2D eigenvalue weighted by molar-refractivity contribution is 0.0520. The second kappa shape index (κ2) is 5.30. The first-order valence-electron chi connectivity index (χ1n) is 5.04. The highest BCUT2D eigenvalue weighted by atomic mass is 127. The molecule has 3 nitrogen and oxygen atoms in total. The van der Waals surface area contributed by atoms with Crippen LogP contribution in [0.5, 0.6) is 0 Å². The molecule has 0 radical (unpaired) electrons. The lowest BCUT2D eigenvalue weighted by Gasteiger charge is -2.05. The first-order valence-corrected chi connectivity index (χ1v) is 6.92. The van der Waals surface area contributed by atoms with Crippen molar-refractivity contribution in [1.29, 1.82) is 0 Å². The molecule has 1 heterocycles. The third-order valence-corrected chi connectivity index (χ3v) is 3.53. The molecule has 0 spiro atoms. The fourth-order valence-electron chi connectivity index (χ4n) is 1.47. The fraction of sp³-hybridized carbons (Fsp3) is 0.167. The van der Waals surface area contributed by atoms with Crippen molar-refractivity contribution in [3.63, 3.8) is 0 Å². The summed E-state index contributed by atoms with van der Waals surface area (Å²) in [6, 6.07) is 7.60. The molecule has 2 rings (SSSR count). The Morgan fingerprint density at radius 1 is 1.47 bits per heavy atom. The van der Waals surface area contributed by atoms with E-state index in [9.17, 15) is 4.79 Å². The van der Waals surface area contributed by atoms with Crippen LogP contribution in [0, 0.1) is 3.57 Å². The second-order valence-electron chi connectivity index (χ2n) is 3.37. The number of benzene rings is 1. The smallest absolute Gasteiger partial charge is 0.356 e. The minimum absolute atomic E-state index is 0.327. The van der Waals surface area contributed by atoms with Gasteiger partial charge in [0.25, 0.3) is 0 Å². The van der Waals surface area contributed by atoms with Gasteiger partial charge in [-0.1, -0.05) is 22.0 Å². The van der Waals surface area contributed by atoms with Gasteiger partial charge < -0.3 is 4.74 Å². The summed E-state index contributed by atoms with van der Waals surface area (Å²) >= 11 is 5.66. The average Bonchev–Trinajstić information content (AvgIpc) is 2.28. The molecular formula is C12H9BrINO2. The van der Waals surface area contributed by atoms with E-state index in [1.54, 1.807) is 13.0 Å². The highest BCUT2D eigenvalue weighted by molar-refractivity contribution is 14.1. The van der Waals surface area contributed by atoms with E-state index in [-0.39, 0.29) is 0 Å². The highest BCUT2D eigenvalue weighted by Crippen LogP contribution is 2.25. The molecule has 1 aromatic carbocycles. The van der Waals surface area contributed by atoms with Crippen LogP contribution in [0.2, 0.25) is 0 Å². The molecule has 0 fully saturated rings. The van der Waals surface area contributed by atoms with Gasteiger partial charge in [0.15, 0.2) is 0 Å². The number of fused-ring (bicyclic) bond motifs is 1. The summed E-state index contributed by atoms with van der Waals surface area (Å²) in [5, 5.41) is 0.985. The third kappa shape index (κ3) is 2.77. The summed E-state index contributed by atoms with van der Waals surface area (Å²) in [5.74, 6) is -0.394. The Bertz CT molecular complexity index is 586. The Balaban J connectivity index is 2.57. The minimum atomic E-state index is -0.394. The van der Waals surface area contributed by atoms with Crippen molar-refractivity contribution >= 4 is 55.4 Å². The van der Waals surface area contributed by atoms with Crippen LogP contribution in [0.25, 0.3) is 10.9 Å². The monoisotopic (exact) mass is 405 g/mol. The molecule has 0 atom stereocenters. The molecule has 0 unspecified atom stereocenters. The number of esters is 1. The summed E-state index contributed by atoms with van der Waals surface area (Å²) < 4.78 is 6.87. The maximum Gasteiger partial charge on any atom is 0.356 e. The number of carbonyl (C=O) groups is 1. The summed E-state index contributed by atoms with van der Waals surface area (Å²) in [5.41, 5.74) is 1.11. The number of nitrogens with zero attached hydrogens (tertiary/aromatic N) is 1. The largest absolute Gasteiger partial charge is 0.461 e. The molecule has 0 amide bonds. The zero-order valence-electron chi connectivity index (χ0n) is 9.04. The van der Waals surface area contributed by atoms with Crippen molar-refractivity contribution in [1.82, 2.24) is 4.98 Å². The fourth-order valence-corrected chi connectivity index (χ4v) is 2.50. The Labute approximate surface area is 121 Å². The van der Waals surface area contributed by atoms with Gasteiger partial charge >= 0.3 is 5.97 Å². The molecule has 0 N–H and O–H groups in total. The van der Waals surface area contributed by atoms with Crippen molar-refractivity contribution in [3.8, 4) is 0 Å². The first-order chi connectivity index (χ1) is 8.11. The molecule has 0 aliphatic carbocycles. The lowest BCUT2D eigenvalue weighted by atomic mass is 10.2. The molecule has 0 bridgehead atoms. The van der Waals surface area contributed by atoms with Gasteiger partial charge in [-0.2, -0.15) is 0 Å². The summed E-state index contributed by atoms with van der Waals surface area (Å²) in [7, 11) is 0. The van der Waals surface area contributed by atoms with Gasteiger partial charge in [-0.25, -0.2) is 9.78 Å². The summed E-state index contributed by atoms with van der Waals surface area (Å²) in [4.78, 5) is 15.9. The maximum atomic E-state index is 11.6. The van der Waals surface area contributed by atoms with Crippen LogP contribution in [0.1, 0.15) is 17.4 Å². The van der Waals surface area contributed by atoms with Crippen LogP contribution in [-0.2, 0) is 4.74 Å². The quantitative estimate of drug-likeness (QED) is 0.563. The van der Waals surface area contributed by atoms with Crippen LogP contribution < -0.4 is 0 Å². The van der Waals surface area contributed by atoms with E-state index in [2.05, 4.69) is 43.5 Å². The molecule has 88 valence electrons. The number of hydrogen-bond acceptors (Lipinski definition) is 3. The van der Waals surface area contributed by atoms with Crippen molar-refractivity contribution in [2.45, 2.75) is 6.92 Å². The van der Waals surface area contributed by atoms with Gasteiger partial charge in [-0.05, 0) is 47.7 Å². The Morgan fingerprint density at radius 2 is 2.24 bits per heavy atom. The number of hydrogen-bond donors (Lipinski definition) is 0. The van der Waals surface area contributed by atoms with Gasteiger partial charge in [-0.15, -0.1) is 0 Å². The van der Waals surface area contributed by atoms with Gasteiger partial charge in [0, 0.05) is 13.4 Å². The number of halogens is 2. The van der Waals surface area contributed by atoms with Crippen molar-refractivity contribution in [2.75, 3.05) is 6.61 Å². The van der Waals surface area contributed by atoms with Gasteiger partial charge in [-0.3, -0.25) is 0 Å². The normalized spacial score (nSPS) is 10.5. The van der Waals surface area contributed by atoms with Crippen molar-refractivity contribution in [3.05, 3.63) is 38.0 Å². The number of pyridine rings is 1. The van der Waals surface area contributed by atoms with E-state index < -0.39 is 5.97 Å². The predicted molar refractivity (Wildman–Crippen MR) is 78.1 cm³/mol. The van der Waals surface area contributed by atoms with Crippen molar-refractivity contribution in [2.24, 2.45) is 0 Å². The lowest BCUT2D eigenvalue weighted by Crippen LogP contribution is -2.07. The van der Waals surface area contributed by atoms with Crippen LogP contribution in [0.3, 0.4) is 0 Å². The van der Waals surface area contributed by atoms with Crippen LogP contribution in [0.15, 0.2) is 28.7 Å². The van der Waals surface area contributed by atoms with Gasteiger partial charge in [0.2, 0.25) is 0 Å². The molecule has 1 aromatic heterocycles. The van der Waals surface area contributed by atoms with Gasteiger partial charge in [0.1, 0.15) is 5.69 Å². The molecule has 0 saturated heterocycles. The number of carbonyl (C=O) groups excluding carboxylic acids is 1. The Morgan fingerprint density at radius 3 is 2.94 bits per heavy atom. The third-order valence-electron chi connectivity index (χ3n) is 2.21. The molecule has 0 aliphatic heterocycles. The molecule has 0 saturated carbocycles. The highest BCUT2D eigenvalue weighted by Gasteiger charge is 2.11. The zero-order valence-corrected chi connectivity index (χ0v) is 12.8. The zero-order chi connectivity index (χ0) is 12.4. The number of ether oxygens (including phenoxy) is 1. The topological polar surface area (TPSA) is 39.2 Å². The van der Waals surface area contributed by atoms with E-state index in [1.807, 2.05) is 18.2 Å². The van der Waals surface area contributed by atoms with E-state index in [0.717, 1.165) is 18.9 Å². The minimum Gasteiger partial charge on any atom is -0.461 e. The SMILES string of the molecule is CCOC(=O)c1cc(Br)c2ccc(I)cc2n1. The summed E-state index contributed by atoms with van der Waals surface area (Å²) in [6.45, 7) is 2.12. The Kier molecular flexibility index (Phi) is 3.98. The standard InChI is InChI=1S/C12H9BrINO2/c1-2-17-12(16)11-6-9(13)8-4-3-7(14)5-10(8)15-11/h3-6H,2H2,1H3. The maximum absolute atomic E-state index is 11.6. The molecule has 2 aromatic rings. The second-order valence-corrected chi connectivity index (χ2v) is 5.47. The van der Waals surface area contributed by atoms with Gasteiger partial charge in [0.05, 0.1) is 12.1 Å². The van der Waals surface area contributed by atoms with E-state index in [0.29, 0.717) is 12.3 Å². The van der Waals surface area contributed by atoms with Crippen LogP contribution in [0.4, 0.5) is 0 Å². The predicted octanol–water partition coefficient (Wildman–Crippen LogP) is 3.78. The van der Waals surface area contributed by atoms with Crippen LogP contribution >= 0.6 is 38.5 Å². The van der Waals surface area contributed by atoms with E-state index in [1.165, 1.54) is 0 Å². The molecule has 5 heteroatoms. The molecule has 0 aliphatic rings. The first kappa shape index (κ1) is 12.8. The van der Waals surface area contributed by atoms with E-state index in [4.69, 9.17) is 4.74 Å². The molecule has 17 heavy (non-hydrogen) atoms. The average molecular weight is 406 g/mol. The molecular weight excluding hydrogens is 397 g/mol. The van der Waals surface area contributed by atoms with Crippen LogP contribution in [-0.4, -0.2) is 17.6 Å². The number of aromatic nitrogens is 1. The summed E-state index contributed by atoms with van der Waals surface area (Å²) in [6.07, 6.45) is 0. The van der Waals surface area contributed by atoms with E-state index >= 15 is 0 Å². The number of rotatable bonds is 2.